The zero-order valence-corrected chi connectivity index (χ0v) is 16.5. The Hall–Kier alpha value is -2.41. The number of hydrogen-bond donors (Lipinski definition) is 1. The third-order valence-electron chi connectivity index (χ3n) is 4.10. The molecular formula is C19H24N4O2S. The maximum absolute atomic E-state index is 12.7. The van der Waals surface area contributed by atoms with Gasteiger partial charge in [-0.3, -0.25) is 4.72 Å². The Balaban J connectivity index is 2.13. The van der Waals surface area contributed by atoms with Gasteiger partial charge in [-0.25, -0.2) is 18.1 Å². The summed E-state index contributed by atoms with van der Waals surface area (Å²) >= 11 is 0. The number of benzene rings is 1. The lowest BCUT2D eigenvalue weighted by Gasteiger charge is -2.18. The molecule has 0 aliphatic carbocycles. The van der Waals surface area contributed by atoms with E-state index in [1.807, 2.05) is 26.0 Å². The van der Waals surface area contributed by atoms with Gasteiger partial charge in [0, 0.05) is 17.2 Å². The quantitative estimate of drug-likeness (QED) is 0.748. The van der Waals surface area contributed by atoms with Crippen LogP contribution in [0, 0.1) is 0 Å². The number of aromatic nitrogens is 3. The van der Waals surface area contributed by atoms with Gasteiger partial charge in [0.1, 0.15) is 0 Å². The Kier molecular flexibility index (Phi) is 4.52. The van der Waals surface area contributed by atoms with Crippen molar-refractivity contribution in [3.05, 3.63) is 48.2 Å². The van der Waals surface area contributed by atoms with Crippen molar-refractivity contribution in [3.63, 3.8) is 0 Å². The summed E-state index contributed by atoms with van der Waals surface area (Å²) < 4.78 is 29.7. The van der Waals surface area contributed by atoms with Crippen molar-refractivity contribution >= 4 is 26.9 Å². The van der Waals surface area contributed by atoms with Gasteiger partial charge in [-0.1, -0.05) is 39.0 Å². The Morgan fingerprint density at radius 2 is 1.69 bits per heavy atom. The zero-order valence-electron chi connectivity index (χ0n) is 15.7. The third kappa shape index (κ3) is 3.44. The predicted octanol–water partition coefficient (Wildman–Crippen LogP) is 4.11. The highest BCUT2D eigenvalue weighted by atomic mass is 32.2. The van der Waals surface area contributed by atoms with Gasteiger partial charge in [0.2, 0.25) is 0 Å². The van der Waals surface area contributed by atoms with Crippen LogP contribution in [0.2, 0.25) is 0 Å². The van der Waals surface area contributed by atoms with Gasteiger partial charge in [-0.2, -0.15) is 5.10 Å². The molecular weight excluding hydrogens is 348 g/mol. The lowest BCUT2D eigenvalue weighted by atomic mass is 9.91. The first-order chi connectivity index (χ1) is 12.1. The van der Waals surface area contributed by atoms with Gasteiger partial charge in [0.25, 0.3) is 10.0 Å². The van der Waals surface area contributed by atoms with Gasteiger partial charge in [0.15, 0.2) is 11.5 Å². The van der Waals surface area contributed by atoms with Crippen LogP contribution < -0.4 is 4.72 Å². The van der Waals surface area contributed by atoms with Gasteiger partial charge < -0.3 is 0 Å². The predicted molar refractivity (Wildman–Crippen MR) is 104 cm³/mol. The highest BCUT2D eigenvalue weighted by Gasteiger charge is 2.23. The summed E-state index contributed by atoms with van der Waals surface area (Å²) in [4.78, 5) is 4.96. The summed E-state index contributed by atoms with van der Waals surface area (Å²) in [6.07, 6.45) is 0. The van der Waals surface area contributed by atoms with Crippen molar-refractivity contribution in [2.45, 2.75) is 51.0 Å². The highest BCUT2D eigenvalue weighted by molar-refractivity contribution is 7.92. The van der Waals surface area contributed by atoms with Gasteiger partial charge in [-0.15, -0.1) is 0 Å². The minimum absolute atomic E-state index is 0.0511. The normalized spacial score (nSPS) is 12.7. The second-order valence-electron chi connectivity index (χ2n) is 7.62. The first kappa shape index (κ1) is 18.4. The molecule has 0 fully saturated rings. The number of nitrogens with zero attached hydrogens (tertiary/aromatic N) is 3. The summed E-state index contributed by atoms with van der Waals surface area (Å²) in [5, 5.41) is 5.17. The third-order valence-corrected chi connectivity index (χ3v) is 5.45. The van der Waals surface area contributed by atoms with Crippen LogP contribution in [0.4, 0.5) is 5.82 Å². The fraction of sp³-hybridized carbons (Fsp3) is 0.368. The van der Waals surface area contributed by atoms with Crippen molar-refractivity contribution in [2.75, 3.05) is 4.72 Å². The highest BCUT2D eigenvalue weighted by Crippen LogP contribution is 2.29. The van der Waals surface area contributed by atoms with Gasteiger partial charge in [0.05, 0.1) is 10.3 Å². The Morgan fingerprint density at radius 3 is 2.27 bits per heavy atom. The average molecular weight is 372 g/mol. The van der Waals surface area contributed by atoms with Crippen molar-refractivity contribution in [1.82, 2.24) is 14.8 Å². The lowest BCUT2D eigenvalue weighted by Crippen LogP contribution is -2.14. The van der Waals surface area contributed by atoms with E-state index in [1.54, 1.807) is 35.0 Å². The summed E-state index contributed by atoms with van der Waals surface area (Å²) in [6, 6.07) is 12.1. The number of anilines is 1. The molecule has 3 rings (SSSR count). The molecule has 3 aromatic rings. The molecule has 0 saturated heterocycles. The van der Waals surface area contributed by atoms with Crippen LogP contribution in [0.5, 0.6) is 0 Å². The first-order valence-electron chi connectivity index (χ1n) is 8.57. The minimum atomic E-state index is -3.71. The molecule has 26 heavy (non-hydrogen) atoms. The van der Waals surface area contributed by atoms with E-state index in [4.69, 9.17) is 4.98 Å². The van der Waals surface area contributed by atoms with Crippen LogP contribution in [-0.4, -0.2) is 23.2 Å². The van der Waals surface area contributed by atoms with Crippen molar-refractivity contribution in [3.8, 4) is 0 Å². The van der Waals surface area contributed by atoms with Crippen molar-refractivity contribution in [2.24, 2.45) is 0 Å². The van der Waals surface area contributed by atoms with E-state index in [2.05, 4.69) is 30.6 Å². The molecule has 1 aromatic carbocycles. The number of nitrogens with one attached hydrogen (secondary N) is 1. The van der Waals surface area contributed by atoms with E-state index in [1.165, 1.54) is 0 Å². The summed E-state index contributed by atoms with van der Waals surface area (Å²) in [5.41, 5.74) is 1.51. The lowest BCUT2D eigenvalue weighted by molar-refractivity contribution is 0.538. The molecule has 0 atom stereocenters. The standard InChI is InChI=1S/C19H24N4O2S/c1-13(2)23-18-15(11-12-16(20-18)19(3,4)5)17(21-23)22-26(24,25)14-9-7-6-8-10-14/h6-13H,1-5H3,(H,21,22). The van der Waals surface area contributed by atoms with Crippen LogP contribution in [0.3, 0.4) is 0 Å². The SMILES string of the molecule is CC(C)n1nc(NS(=O)(=O)c2ccccc2)c2ccc(C(C)(C)C)nc21. The molecule has 0 aliphatic heterocycles. The molecule has 7 heteroatoms. The first-order valence-corrected chi connectivity index (χ1v) is 10.1. The summed E-state index contributed by atoms with van der Waals surface area (Å²) in [6.45, 7) is 10.3. The average Bonchev–Trinajstić information content (AvgIpc) is 2.92. The monoisotopic (exact) mass is 372 g/mol. The number of sulfonamides is 1. The smallest absolute Gasteiger partial charge is 0.261 e. The molecule has 6 nitrogen and oxygen atoms in total. The molecule has 0 aliphatic rings. The van der Waals surface area contributed by atoms with Gasteiger partial charge in [-0.05, 0) is 38.1 Å². The van der Waals surface area contributed by atoms with E-state index in [-0.39, 0.29) is 16.4 Å². The molecule has 0 spiro atoms. The largest absolute Gasteiger partial charge is 0.263 e. The molecule has 0 radical (unpaired) electrons. The van der Waals surface area contributed by atoms with E-state index < -0.39 is 10.0 Å². The fourth-order valence-electron chi connectivity index (χ4n) is 2.66. The van der Waals surface area contributed by atoms with Gasteiger partial charge >= 0.3 is 0 Å². The second kappa shape index (κ2) is 6.39. The van der Waals surface area contributed by atoms with Crippen LogP contribution in [0.1, 0.15) is 46.4 Å². The maximum atomic E-state index is 12.7. The molecule has 0 saturated carbocycles. The Labute approximate surface area is 154 Å². The fourth-order valence-corrected chi connectivity index (χ4v) is 3.69. The second-order valence-corrected chi connectivity index (χ2v) is 9.31. The Morgan fingerprint density at radius 1 is 1.04 bits per heavy atom. The van der Waals surface area contributed by atoms with Crippen LogP contribution in [0.25, 0.3) is 11.0 Å². The van der Waals surface area contributed by atoms with Crippen molar-refractivity contribution in [1.29, 1.82) is 0 Å². The molecule has 0 bridgehead atoms. The van der Waals surface area contributed by atoms with Crippen LogP contribution in [0.15, 0.2) is 47.4 Å². The topological polar surface area (TPSA) is 76.9 Å². The van der Waals surface area contributed by atoms with E-state index in [9.17, 15) is 8.42 Å². The minimum Gasteiger partial charge on any atom is -0.261 e. The number of hydrogen-bond acceptors (Lipinski definition) is 4. The van der Waals surface area contributed by atoms with E-state index in [0.29, 0.717) is 16.9 Å². The molecule has 0 unspecified atom stereocenters. The van der Waals surface area contributed by atoms with E-state index in [0.717, 1.165) is 5.69 Å². The van der Waals surface area contributed by atoms with Crippen LogP contribution in [-0.2, 0) is 15.4 Å². The van der Waals surface area contributed by atoms with Crippen molar-refractivity contribution < 1.29 is 8.42 Å². The molecule has 1 N–H and O–H groups in total. The molecule has 2 heterocycles. The van der Waals surface area contributed by atoms with Crippen LogP contribution >= 0.6 is 0 Å². The number of pyridine rings is 1. The molecule has 0 amide bonds. The summed E-state index contributed by atoms with van der Waals surface area (Å²) in [5.74, 6) is 0.297. The number of fused-ring (bicyclic) bond motifs is 1. The Bertz CT molecular complexity index is 1030. The number of rotatable bonds is 4. The molecule has 2 aromatic heterocycles. The maximum Gasteiger partial charge on any atom is 0.263 e. The zero-order chi connectivity index (χ0) is 19.1. The van der Waals surface area contributed by atoms with E-state index >= 15 is 0 Å². The summed E-state index contributed by atoms with van der Waals surface area (Å²) in [7, 11) is -3.71. The molecule has 138 valence electrons.